The van der Waals surface area contributed by atoms with Gasteiger partial charge in [-0.1, -0.05) is 6.92 Å². The van der Waals surface area contributed by atoms with Crippen molar-refractivity contribution in [1.29, 1.82) is 0 Å². The third kappa shape index (κ3) is 7.96. The molecule has 2 amide bonds. The largest absolute Gasteiger partial charge is 0.457 e. The summed E-state index contributed by atoms with van der Waals surface area (Å²) in [5.74, 6) is -0.156. The van der Waals surface area contributed by atoms with Gasteiger partial charge in [0.2, 0.25) is 5.91 Å². The molecule has 0 unspecified atom stereocenters. The number of alkyl halides is 1. The monoisotopic (exact) mass is 647 g/mol. The van der Waals surface area contributed by atoms with Gasteiger partial charge in [-0.2, -0.15) is 10.2 Å². The highest BCUT2D eigenvalue weighted by Gasteiger charge is 2.30. The van der Waals surface area contributed by atoms with E-state index in [1.165, 1.54) is 26.0 Å². The van der Waals surface area contributed by atoms with E-state index in [1.807, 2.05) is 6.92 Å². The lowest BCUT2D eigenvalue weighted by molar-refractivity contribution is -0.128. The van der Waals surface area contributed by atoms with Crippen LogP contribution in [-0.2, 0) is 21.7 Å². The van der Waals surface area contributed by atoms with E-state index in [4.69, 9.17) is 9.47 Å². The number of amides is 2. The first kappa shape index (κ1) is 33.0. The number of hydrogen-bond donors (Lipinski definition) is 1. The maximum absolute atomic E-state index is 15.6. The van der Waals surface area contributed by atoms with Gasteiger partial charge in [0.15, 0.2) is 0 Å². The van der Waals surface area contributed by atoms with Crippen molar-refractivity contribution in [3.8, 4) is 22.8 Å². The molecule has 11 heteroatoms. The molecule has 1 atom stereocenters. The average molecular weight is 648 g/mol. The van der Waals surface area contributed by atoms with Crippen molar-refractivity contribution in [2.75, 3.05) is 32.8 Å². The summed E-state index contributed by atoms with van der Waals surface area (Å²) in [4.78, 5) is 30.2. The molecule has 1 aromatic heterocycles. The molecule has 0 spiro atoms. The van der Waals surface area contributed by atoms with E-state index in [2.05, 4.69) is 20.4 Å². The van der Waals surface area contributed by atoms with E-state index in [9.17, 15) is 14.0 Å². The fourth-order valence-electron chi connectivity index (χ4n) is 6.66. The van der Waals surface area contributed by atoms with Crippen LogP contribution in [0.2, 0.25) is 0 Å². The highest BCUT2D eigenvalue weighted by Crippen LogP contribution is 2.33. The van der Waals surface area contributed by atoms with Crippen molar-refractivity contribution in [2.45, 2.75) is 77.2 Å². The predicted octanol–water partition coefficient (Wildman–Crippen LogP) is 6.02. The normalized spacial score (nSPS) is 20.1. The van der Waals surface area contributed by atoms with E-state index in [1.54, 1.807) is 41.3 Å². The van der Waals surface area contributed by atoms with Gasteiger partial charge in [-0.15, -0.1) is 0 Å². The molecule has 47 heavy (non-hydrogen) atoms. The maximum atomic E-state index is 15.6. The number of piperidine rings is 1. The van der Waals surface area contributed by atoms with Crippen LogP contribution in [-0.4, -0.2) is 76.7 Å². The topological polar surface area (TPSA) is 96.9 Å². The van der Waals surface area contributed by atoms with Gasteiger partial charge in [0.05, 0.1) is 17.0 Å². The van der Waals surface area contributed by atoms with Crippen LogP contribution < -0.4 is 10.1 Å². The molecule has 0 bridgehead atoms. The second-order valence-corrected chi connectivity index (χ2v) is 13.6. The van der Waals surface area contributed by atoms with Crippen molar-refractivity contribution in [2.24, 2.45) is 5.92 Å². The fraction of sp³-hybridized carbons (Fsp3) is 0.500. The van der Waals surface area contributed by atoms with Crippen molar-refractivity contribution < 1.29 is 27.8 Å². The zero-order valence-corrected chi connectivity index (χ0v) is 27.3. The van der Waals surface area contributed by atoms with Crippen LogP contribution in [0.3, 0.4) is 0 Å². The van der Waals surface area contributed by atoms with E-state index in [-0.39, 0.29) is 35.7 Å². The Morgan fingerprint density at radius 3 is 2.38 bits per heavy atom. The first-order valence-corrected chi connectivity index (χ1v) is 16.6. The lowest BCUT2D eigenvalue weighted by Gasteiger charge is -2.39. The first-order chi connectivity index (χ1) is 22.5. The number of hydrogen-bond acceptors (Lipinski definition) is 7. The molecule has 0 aliphatic carbocycles. The molecule has 3 fully saturated rings. The number of carbonyl (C=O) groups is 2. The minimum Gasteiger partial charge on any atom is -0.457 e. The minimum atomic E-state index is -1.59. The zero-order chi connectivity index (χ0) is 33.1. The van der Waals surface area contributed by atoms with Crippen molar-refractivity contribution >= 4 is 11.8 Å². The highest BCUT2D eigenvalue weighted by atomic mass is 19.1. The number of benzene rings is 2. The third-order valence-electron chi connectivity index (χ3n) is 9.39. The Morgan fingerprint density at radius 1 is 1.04 bits per heavy atom. The Labute approximate surface area is 274 Å². The summed E-state index contributed by atoms with van der Waals surface area (Å²) >= 11 is 0. The van der Waals surface area contributed by atoms with Crippen LogP contribution in [0.15, 0.2) is 48.5 Å². The number of rotatable bonds is 9. The second kappa shape index (κ2) is 14.0. The fourth-order valence-corrected chi connectivity index (χ4v) is 6.66. The molecule has 3 aromatic rings. The summed E-state index contributed by atoms with van der Waals surface area (Å²) in [5, 5.41) is 11.2. The second-order valence-electron chi connectivity index (χ2n) is 13.6. The van der Waals surface area contributed by atoms with Crippen LogP contribution >= 0.6 is 0 Å². The SMILES string of the molecule is C[C@H]1CC(=O)N(Cc2cc(F)c(C(=O)NC3CCN(C4CCOCC4)CC3)cc2Oc2ccc(-c3ccc(C(C)(C)F)nn3)cc2)C1. The Bertz CT molecular complexity index is 1560. The van der Waals surface area contributed by atoms with Gasteiger partial charge < -0.3 is 24.6 Å². The number of carbonyl (C=O) groups excluding carboxylic acids is 2. The molecule has 0 saturated carbocycles. The van der Waals surface area contributed by atoms with Gasteiger partial charge in [0.25, 0.3) is 5.91 Å². The Hall–Kier alpha value is -3.96. The van der Waals surface area contributed by atoms with E-state index in [0.29, 0.717) is 41.8 Å². The van der Waals surface area contributed by atoms with Gasteiger partial charge in [-0.05, 0) is 94.0 Å². The van der Waals surface area contributed by atoms with Gasteiger partial charge in [-0.25, -0.2) is 8.78 Å². The molecule has 4 heterocycles. The number of likely N-dealkylation sites (tertiary alicyclic amines) is 2. The molecule has 3 saturated heterocycles. The Morgan fingerprint density at radius 2 is 1.77 bits per heavy atom. The summed E-state index contributed by atoms with van der Waals surface area (Å²) in [5.41, 5.74) is 0.367. The first-order valence-electron chi connectivity index (χ1n) is 16.6. The molecule has 1 N–H and O–H groups in total. The predicted molar refractivity (Wildman–Crippen MR) is 173 cm³/mol. The van der Waals surface area contributed by atoms with Gasteiger partial charge in [0, 0.05) is 69.0 Å². The van der Waals surface area contributed by atoms with Crippen LogP contribution in [0.25, 0.3) is 11.3 Å². The molecule has 3 aliphatic heterocycles. The van der Waals surface area contributed by atoms with E-state index >= 15 is 4.39 Å². The summed E-state index contributed by atoms with van der Waals surface area (Å²) in [6.07, 6.45) is 4.10. The standard InChI is InChI=1S/C36H43F2N5O4/c1-23-18-34(44)43(21-23)22-25-19-30(37)29(35(45)39-26-10-14-42(15-11-26)27-12-16-46-17-13-27)20-32(25)47-28-6-4-24(5-7-28)31-8-9-33(41-40-31)36(2,3)38/h4-9,19-20,23,26-27H,10-18,21-22H2,1-3H3,(H,39,45)/t23-/m0/s1. The van der Waals surface area contributed by atoms with Crippen LogP contribution in [0.5, 0.6) is 11.5 Å². The quantitative estimate of drug-likeness (QED) is 0.303. The molecule has 3 aliphatic rings. The summed E-state index contributed by atoms with van der Waals surface area (Å²) in [7, 11) is 0. The molecule has 9 nitrogen and oxygen atoms in total. The summed E-state index contributed by atoms with van der Waals surface area (Å²) in [6.45, 7) is 8.96. The van der Waals surface area contributed by atoms with E-state index < -0.39 is 17.4 Å². The zero-order valence-electron chi connectivity index (χ0n) is 27.3. The van der Waals surface area contributed by atoms with Gasteiger partial charge in [-0.3, -0.25) is 9.59 Å². The van der Waals surface area contributed by atoms with E-state index in [0.717, 1.165) is 57.6 Å². The molecular formula is C36H43F2N5O4. The lowest BCUT2D eigenvalue weighted by atomic mass is 9.99. The maximum Gasteiger partial charge on any atom is 0.254 e. The Kier molecular flexibility index (Phi) is 9.84. The number of nitrogens with zero attached hydrogens (tertiary/aromatic N) is 4. The van der Waals surface area contributed by atoms with Crippen molar-refractivity contribution in [3.05, 3.63) is 71.2 Å². The average Bonchev–Trinajstić information content (AvgIpc) is 3.38. The molecule has 6 rings (SSSR count). The van der Waals surface area contributed by atoms with Gasteiger partial charge >= 0.3 is 0 Å². The number of halogens is 2. The molecule has 2 aromatic carbocycles. The number of nitrogens with one attached hydrogen (secondary N) is 1. The van der Waals surface area contributed by atoms with Crippen LogP contribution in [0, 0.1) is 11.7 Å². The van der Waals surface area contributed by atoms with Gasteiger partial charge in [0.1, 0.15) is 23.0 Å². The summed E-state index contributed by atoms with van der Waals surface area (Å²) in [6, 6.07) is 13.6. The van der Waals surface area contributed by atoms with Crippen molar-refractivity contribution in [1.82, 2.24) is 25.3 Å². The summed E-state index contributed by atoms with van der Waals surface area (Å²) < 4.78 is 41.6. The van der Waals surface area contributed by atoms with Crippen LogP contribution in [0.1, 0.15) is 74.5 Å². The minimum absolute atomic E-state index is 0.00500. The lowest BCUT2D eigenvalue weighted by Crippen LogP contribution is -2.49. The number of aromatic nitrogens is 2. The van der Waals surface area contributed by atoms with Crippen molar-refractivity contribution in [3.63, 3.8) is 0 Å². The Balaban J connectivity index is 1.18. The smallest absolute Gasteiger partial charge is 0.254 e. The number of ether oxygens (including phenoxy) is 2. The molecule has 0 radical (unpaired) electrons. The highest BCUT2D eigenvalue weighted by molar-refractivity contribution is 5.95. The molecule has 250 valence electrons. The third-order valence-corrected chi connectivity index (χ3v) is 9.39. The van der Waals surface area contributed by atoms with Crippen LogP contribution in [0.4, 0.5) is 8.78 Å². The molecular weight excluding hydrogens is 604 g/mol.